The van der Waals surface area contributed by atoms with Crippen LogP contribution in [0.15, 0.2) is 29.2 Å². The Bertz CT molecular complexity index is 486. The van der Waals surface area contributed by atoms with Crippen molar-refractivity contribution in [2.75, 3.05) is 20.6 Å². The van der Waals surface area contributed by atoms with Crippen LogP contribution in [0.2, 0.25) is 0 Å². The molecule has 1 unspecified atom stereocenters. The van der Waals surface area contributed by atoms with Crippen molar-refractivity contribution in [3.63, 3.8) is 0 Å². The molecule has 6 heteroatoms. The maximum absolute atomic E-state index is 12.0. The average molecular weight is 272 g/mol. The standard InChI is InChI=1S/C12H20N2O3S/c1-10(14(2)3)8-13-18(16,17)12-6-4-5-11(7-12)9-15/h4-7,10,13,15H,8-9H2,1-3H3. The summed E-state index contributed by atoms with van der Waals surface area (Å²) in [5, 5.41) is 9.00. The highest BCUT2D eigenvalue weighted by Gasteiger charge is 2.16. The van der Waals surface area contributed by atoms with Crippen LogP contribution in [0.5, 0.6) is 0 Å². The Kier molecular flexibility index (Phi) is 5.28. The zero-order valence-corrected chi connectivity index (χ0v) is 11.7. The lowest BCUT2D eigenvalue weighted by Gasteiger charge is -2.20. The lowest BCUT2D eigenvalue weighted by atomic mass is 10.2. The summed E-state index contributed by atoms with van der Waals surface area (Å²) in [6, 6.07) is 6.40. The Morgan fingerprint density at radius 2 is 2.06 bits per heavy atom. The van der Waals surface area contributed by atoms with E-state index in [0.717, 1.165) is 0 Å². The third-order valence-electron chi connectivity index (χ3n) is 2.84. The van der Waals surface area contributed by atoms with Crippen molar-refractivity contribution in [2.24, 2.45) is 0 Å². The van der Waals surface area contributed by atoms with Gasteiger partial charge in [0.05, 0.1) is 11.5 Å². The van der Waals surface area contributed by atoms with Crippen LogP contribution in [-0.2, 0) is 16.6 Å². The van der Waals surface area contributed by atoms with Crippen molar-refractivity contribution in [3.05, 3.63) is 29.8 Å². The van der Waals surface area contributed by atoms with Crippen LogP contribution in [0.4, 0.5) is 0 Å². The molecule has 0 heterocycles. The zero-order chi connectivity index (χ0) is 13.8. The van der Waals surface area contributed by atoms with Crippen molar-refractivity contribution < 1.29 is 13.5 Å². The second kappa shape index (κ2) is 6.29. The monoisotopic (exact) mass is 272 g/mol. The number of benzene rings is 1. The van der Waals surface area contributed by atoms with Gasteiger partial charge in [0.25, 0.3) is 0 Å². The molecular weight excluding hydrogens is 252 g/mol. The third kappa shape index (κ3) is 4.06. The molecule has 1 atom stereocenters. The summed E-state index contributed by atoms with van der Waals surface area (Å²) < 4.78 is 26.6. The van der Waals surface area contributed by atoms with E-state index in [0.29, 0.717) is 12.1 Å². The molecule has 1 aromatic rings. The fourth-order valence-electron chi connectivity index (χ4n) is 1.31. The van der Waals surface area contributed by atoms with Gasteiger partial charge in [-0.1, -0.05) is 12.1 Å². The van der Waals surface area contributed by atoms with Crippen LogP contribution in [0, 0.1) is 0 Å². The molecule has 0 aliphatic rings. The van der Waals surface area contributed by atoms with Gasteiger partial charge in [-0.2, -0.15) is 0 Å². The Morgan fingerprint density at radius 3 is 2.61 bits per heavy atom. The van der Waals surface area contributed by atoms with Gasteiger partial charge in [0.15, 0.2) is 0 Å². The third-order valence-corrected chi connectivity index (χ3v) is 4.26. The average Bonchev–Trinajstić information content (AvgIpc) is 2.36. The number of likely N-dealkylation sites (N-methyl/N-ethyl adjacent to an activating group) is 1. The number of aliphatic hydroxyl groups is 1. The highest BCUT2D eigenvalue weighted by atomic mass is 32.2. The molecule has 0 saturated carbocycles. The van der Waals surface area contributed by atoms with E-state index in [1.54, 1.807) is 12.1 Å². The molecule has 18 heavy (non-hydrogen) atoms. The molecule has 0 amide bonds. The van der Waals surface area contributed by atoms with Crippen LogP contribution in [0.1, 0.15) is 12.5 Å². The molecule has 0 spiro atoms. The fourth-order valence-corrected chi connectivity index (χ4v) is 2.50. The maximum atomic E-state index is 12.0. The first-order valence-electron chi connectivity index (χ1n) is 5.72. The topological polar surface area (TPSA) is 69.6 Å². The molecule has 1 aromatic carbocycles. The number of nitrogens with zero attached hydrogens (tertiary/aromatic N) is 1. The summed E-state index contributed by atoms with van der Waals surface area (Å²) >= 11 is 0. The van der Waals surface area contributed by atoms with E-state index in [4.69, 9.17) is 5.11 Å². The summed E-state index contributed by atoms with van der Waals surface area (Å²) in [5.74, 6) is 0. The van der Waals surface area contributed by atoms with Crippen LogP contribution in [0.25, 0.3) is 0 Å². The van der Waals surface area contributed by atoms with Gasteiger partial charge in [-0.05, 0) is 38.7 Å². The van der Waals surface area contributed by atoms with Gasteiger partial charge in [0.1, 0.15) is 0 Å². The van der Waals surface area contributed by atoms with E-state index >= 15 is 0 Å². The summed E-state index contributed by atoms with van der Waals surface area (Å²) in [6.45, 7) is 2.11. The molecule has 1 rings (SSSR count). The van der Waals surface area contributed by atoms with Crippen molar-refractivity contribution in [3.8, 4) is 0 Å². The van der Waals surface area contributed by atoms with Crippen LogP contribution in [-0.4, -0.2) is 45.1 Å². The number of aliphatic hydroxyl groups excluding tert-OH is 1. The summed E-state index contributed by atoms with van der Waals surface area (Å²) in [4.78, 5) is 2.12. The Morgan fingerprint density at radius 1 is 1.39 bits per heavy atom. The first-order valence-corrected chi connectivity index (χ1v) is 7.21. The quantitative estimate of drug-likeness (QED) is 0.787. The van der Waals surface area contributed by atoms with E-state index in [9.17, 15) is 8.42 Å². The number of rotatable bonds is 6. The highest BCUT2D eigenvalue weighted by molar-refractivity contribution is 7.89. The summed E-state index contributed by atoms with van der Waals surface area (Å²) in [6.07, 6.45) is 0. The molecule has 0 fully saturated rings. The van der Waals surface area contributed by atoms with Crippen molar-refractivity contribution in [2.45, 2.75) is 24.5 Å². The Labute approximate surface area is 108 Å². The van der Waals surface area contributed by atoms with Crippen LogP contribution < -0.4 is 4.72 Å². The molecule has 0 aliphatic carbocycles. The molecule has 0 aliphatic heterocycles. The van der Waals surface area contributed by atoms with Gasteiger partial charge in [0.2, 0.25) is 10.0 Å². The van der Waals surface area contributed by atoms with Gasteiger partial charge < -0.3 is 10.0 Å². The van der Waals surface area contributed by atoms with Crippen molar-refractivity contribution >= 4 is 10.0 Å². The van der Waals surface area contributed by atoms with E-state index < -0.39 is 10.0 Å². The largest absolute Gasteiger partial charge is 0.392 e. The van der Waals surface area contributed by atoms with E-state index in [2.05, 4.69) is 4.72 Å². The molecule has 0 aromatic heterocycles. The lowest BCUT2D eigenvalue weighted by Crippen LogP contribution is -2.38. The Hall–Kier alpha value is -0.950. The summed E-state index contributed by atoms with van der Waals surface area (Å²) in [5.41, 5.74) is 0.582. The van der Waals surface area contributed by atoms with Gasteiger partial charge in [-0.15, -0.1) is 0 Å². The molecular formula is C12H20N2O3S. The predicted molar refractivity (Wildman–Crippen MR) is 70.7 cm³/mol. The number of hydrogen-bond acceptors (Lipinski definition) is 4. The number of nitrogens with one attached hydrogen (secondary N) is 1. The maximum Gasteiger partial charge on any atom is 0.240 e. The van der Waals surface area contributed by atoms with E-state index in [-0.39, 0.29) is 17.5 Å². The first-order chi connectivity index (χ1) is 8.36. The van der Waals surface area contributed by atoms with Crippen LogP contribution in [0.3, 0.4) is 0 Å². The van der Waals surface area contributed by atoms with E-state index in [1.165, 1.54) is 12.1 Å². The zero-order valence-electron chi connectivity index (χ0n) is 10.9. The predicted octanol–water partition coefficient (Wildman–Crippen LogP) is 0.407. The first kappa shape index (κ1) is 15.1. The van der Waals surface area contributed by atoms with Gasteiger partial charge in [0, 0.05) is 12.6 Å². The molecule has 5 nitrogen and oxygen atoms in total. The Balaban J connectivity index is 2.80. The fraction of sp³-hybridized carbons (Fsp3) is 0.500. The normalized spacial score (nSPS) is 13.8. The minimum absolute atomic E-state index is 0.112. The molecule has 0 bridgehead atoms. The van der Waals surface area contributed by atoms with Gasteiger partial charge in [-0.25, -0.2) is 13.1 Å². The molecule has 2 N–H and O–H groups in total. The van der Waals surface area contributed by atoms with Crippen molar-refractivity contribution in [1.82, 2.24) is 9.62 Å². The molecule has 102 valence electrons. The van der Waals surface area contributed by atoms with Crippen LogP contribution >= 0.6 is 0 Å². The second-order valence-electron chi connectivity index (χ2n) is 4.47. The minimum Gasteiger partial charge on any atom is -0.392 e. The van der Waals surface area contributed by atoms with Crippen molar-refractivity contribution in [1.29, 1.82) is 0 Å². The SMILES string of the molecule is CC(CNS(=O)(=O)c1cccc(CO)c1)N(C)C. The minimum atomic E-state index is -3.51. The number of sulfonamides is 1. The van der Waals surface area contributed by atoms with Gasteiger partial charge in [-0.3, -0.25) is 0 Å². The number of hydrogen-bond donors (Lipinski definition) is 2. The molecule has 0 radical (unpaired) electrons. The van der Waals surface area contributed by atoms with Gasteiger partial charge >= 0.3 is 0 Å². The lowest BCUT2D eigenvalue weighted by molar-refractivity contribution is 0.281. The smallest absolute Gasteiger partial charge is 0.240 e. The highest BCUT2D eigenvalue weighted by Crippen LogP contribution is 2.11. The second-order valence-corrected chi connectivity index (χ2v) is 6.24. The molecule has 0 saturated heterocycles. The van der Waals surface area contributed by atoms with E-state index in [1.807, 2.05) is 25.9 Å². The summed E-state index contributed by atoms with van der Waals surface area (Å²) in [7, 11) is 0.279.